The van der Waals surface area contributed by atoms with Crippen LogP contribution < -0.4 is 19.5 Å². The van der Waals surface area contributed by atoms with Crippen LogP contribution in [0.15, 0.2) is 72.8 Å². The number of amides is 1. The third-order valence-electron chi connectivity index (χ3n) is 4.29. The summed E-state index contributed by atoms with van der Waals surface area (Å²) in [7, 11) is 1.58. The van der Waals surface area contributed by atoms with Crippen molar-refractivity contribution in [1.82, 2.24) is 0 Å². The molecule has 0 spiro atoms. The summed E-state index contributed by atoms with van der Waals surface area (Å²) in [6.45, 7) is 3.09. The van der Waals surface area contributed by atoms with Gasteiger partial charge in [-0.05, 0) is 61.0 Å². The zero-order chi connectivity index (χ0) is 20.5. The molecule has 0 fully saturated rings. The fraction of sp³-hybridized carbons (Fsp3) is 0.208. The molecule has 0 atom stereocenters. The van der Waals surface area contributed by atoms with Crippen molar-refractivity contribution in [1.29, 1.82) is 0 Å². The van der Waals surface area contributed by atoms with Crippen molar-refractivity contribution in [2.45, 2.75) is 13.3 Å². The lowest BCUT2D eigenvalue weighted by atomic mass is 10.1. The van der Waals surface area contributed by atoms with Crippen molar-refractivity contribution in [2.24, 2.45) is 0 Å². The van der Waals surface area contributed by atoms with E-state index in [4.69, 9.17) is 14.2 Å². The van der Waals surface area contributed by atoms with E-state index in [9.17, 15) is 4.79 Å². The summed E-state index contributed by atoms with van der Waals surface area (Å²) in [5, 5.41) is 2.89. The molecule has 5 nitrogen and oxygen atoms in total. The van der Waals surface area contributed by atoms with Gasteiger partial charge in [0.25, 0.3) is 5.91 Å². The van der Waals surface area contributed by atoms with Crippen LogP contribution in [-0.4, -0.2) is 26.2 Å². The predicted octanol–water partition coefficient (Wildman–Crippen LogP) is 5.10. The molecule has 1 amide bonds. The van der Waals surface area contributed by atoms with Crippen LogP contribution in [-0.2, 0) is 0 Å². The molecular weight excluding hydrogens is 366 g/mol. The molecule has 0 bridgehead atoms. The van der Waals surface area contributed by atoms with Crippen molar-refractivity contribution in [3.63, 3.8) is 0 Å². The largest absolute Gasteiger partial charge is 0.495 e. The first-order chi connectivity index (χ1) is 14.2. The summed E-state index contributed by atoms with van der Waals surface area (Å²) in [4.78, 5) is 12.5. The smallest absolute Gasteiger partial charge is 0.255 e. The monoisotopic (exact) mass is 391 g/mol. The van der Waals surface area contributed by atoms with Gasteiger partial charge in [-0.3, -0.25) is 4.79 Å². The number of aryl methyl sites for hydroxylation is 1. The Bertz CT molecular complexity index is 923. The van der Waals surface area contributed by atoms with Crippen molar-refractivity contribution < 1.29 is 19.0 Å². The van der Waals surface area contributed by atoms with E-state index in [0.29, 0.717) is 30.2 Å². The van der Waals surface area contributed by atoms with Gasteiger partial charge in [-0.1, -0.05) is 24.3 Å². The van der Waals surface area contributed by atoms with Gasteiger partial charge in [0.2, 0.25) is 0 Å². The summed E-state index contributed by atoms with van der Waals surface area (Å²) >= 11 is 0. The fourth-order valence-electron chi connectivity index (χ4n) is 2.77. The molecule has 0 radical (unpaired) electrons. The molecule has 0 saturated heterocycles. The highest BCUT2D eigenvalue weighted by atomic mass is 16.5. The van der Waals surface area contributed by atoms with E-state index in [1.165, 1.54) is 0 Å². The molecule has 3 aromatic rings. The number of para-hydroxylation sites is 1. The molecule has 0 aliphatic heterocycles. The quantitative estimate of drug-likeness (QED) is 0.515. The van der Waals surface area contributed by atoms with Gasteiger partial charge < -0.3 is 19.5 Å². The van der Waals surface area contributed by atoms with Gasteiger partial charge in [-0.2, -0.15) is 0 Å². The number of ether oxygens (including phenoxy) is 3. The summed E-state index contributed by atoms with van der Waals surface area (Å²) in [5.74, 6) is 2.00. The Morgan fingerprint density at radius 2 is 1.52 bits per heavy atom. The number of nitrogens with one attached hydrogen (secondary N) is 1. The Labute approximate surface area is 171 Å². The van der Waals surface area contributed by atoms with Crippen LogP contribution in [0, 0.1) is 6.92 Å². The molecule has 0 aliphatic rings. The van der Waals surface area contributed by atoms with Crippen LogP contribution in [0.25, 0.3) is 0 Å². The summed E-state index contributed by atoms with van der Waals surface area (Å²) in [5.41, 5.74) is 2.24. The first-order valence-corrected chi connectivity index (χ1v) is 9.52. The maximum absolute atomic E-state index is 12.5. The van der Waals surface area contributed by atoms with Crippen LogP contribution >= 0.6 is 0 Å². The third-order valence-corrected chi connectivity index (χ3v) is 4.29. The lowest BCUT2D eigenvalue weighted by molar-refractivity contribution is 0.102. The van der Waals surface area contributed by atoms with Crippen molar-refractivity contribution >= 4 is 11.6 Å². The molecule has 0 aliphatic carbocycles. The average Bonchev–Trinajstić information content (AvgIpc) is 2.75. The Balaban J connectivity index is 1.47. The second-order valence-electron chi connectivity index (χ2n) is 6.55. The molecule has 150 valence electrons. The number of anilines is 1. The number of hydrogen-bond acceptors (Lipinski definition) is 4. The molecule has 5 heteroatoms. The van der Waals surface area contributed by atoms with E-state index in [-0.39, 0.29) is 5.91 Å². The Morgan fingerprint density at radius 3 is 2.17 bits per heavy atom. The van der Waals surface area contributed by atoms with Crippen LogP contribution in [0.5, 0.6) is 17.2 Å². The molecule has 29 heavy (non-hydrogen) atoms. The Kier molecular flexibility index (Phi) is 7.11. The van der Waals surface area contributed by atoms with Crippen LogP contribution in [0.2, 0.25) is 0 Å². The van der Waals surface area contributed by atoms with Gasteiger partial charge in [0.1, 0.15) is 17.2 Å². The van der Waals surface area contributed by atoms with Crippen LogP contribution in [0.1, 0.15) is 22.3 Å². The van der Waals surface area contributed by atoms with E-state index in [0.717, 1.165) is 23.5 Å². The number of methoxy groups -OCH3 is 1. The standard InChI is InChI=1S/C24H25NO4/c1-18-9-14-23(27-2)22(17-18)25-24(26)19-10-12-21(13-11-19)29-16-6-15-28-20-7-4-3-5-8-20/h3-5,7-14,17H,6,15-16H2,1-2H3,(H,25,26). The first kappa shape index (κ1) is 20.3. The van der Waals surface area contributed by atoms with Crippen LogP contribution in [0.4, 0.5) is 5.69 Å². The molecule has 0 saturated carbocycles. The maximum Gasteiger partial charge on any atom is 0.255 e. The van der Waals surface area contributed by atoms with Crippen molar-refractivity contribution in [3.05, 3.63) is 83.9 Å². The van der Waals surface area contributed by atoms with Gasteiger partial charge in [0, 0.05) is 12.0 Å². The summed E-state index contributed by atoms with van der Waals surface area (Å²) < 4.78 is 16.7. The maximum atomic E-state index is 12.5. The average molecular weight is 391 g/mol. The normalized spacial score (nSPS) is 10.3. The van der Waals surface area contributed by atoms with Crippen LogP contribution in [0.3, 0.4) is 0 Å². The van der Waals surface area contributed by atoms with Crippen molar-refractivity contribution in [2.75, 3.05) is 25.6 Å². The van der Waals surface area contributed by atoms with E-state index >= 15 is 0 Å². The fourth-order valence-corrected chi connectivity index (χ4v) is 2.77. The number of hydrogen-bond donors (Lipinski definition) is 1. The Hall–Kier alpha value is -3.47. The number of rotatable bonds is 9. The molecular formula is C24H25NO4. The highest BCUT2D eigenvalue weighted by Crippen LogP contribution is 2.26. The van der Waals surface area contributed by atoms with Gasteiger partial charge in [-0.15, -0.1) is 0 Å². The predicted molar refractivity (Wildman–Crippen MR) is 114 cm³/mol. The van der Waals surface area contributed by atoms with E-state index in [1.807, 2.05) is 55.5 Å². The molecule has 0 aromatic heterocycles. The zero-order valence-corrected chi connectivity index (χ0v) is 16.7. The first-order valence-electron chi connectivity index (χ1n) is 9.52. The van der Waals surface area contributed by atoms with Gasteiger partial charge >= 0.3 is 0 Å². The zero-order valence-electron chi connectivity index (χ0n) is 16.7. The number of carbonyl (C=O) groups excluding carboxylic acids is 1. The minimum Gasteiger partial charge on any atom is -0.495 e. The second kappa shape index (κ2) is 10.2. The number of carbonyl (C=O) groups is 1. The number of benzene rings is 3. The highest BCUT2D eigenvalue weighted by Gasteiger charge is 2.10. The lowest BCUT2D eigenvalue weighted by Crippen LogP contribution is -2.12. The summed E-state index contributed by atoms with van der Waals surface area (Å²) in [6, 6.07) is 22.4. The lowest BCUT2D eigenvalue weighted by Gasteiger charge is -2.11. The molecule has 3 rings (SSSR count). The molecule has 0 heterocycles. The molecule has 0 unspecified atom stereocenters. The van der Waals surface area contributed by atoms with E-state index in [2.05, 4.69) is 5.32 Å². The van der Waals surface area contributed by atoms with E-state index in [1.54, 1.807) is 31.4 Å². The topological polar surface area (TPSA) is 56.8 Å². The minimum absolute atomic E-state index is 0.197. The summed E-state index contributed by atoms with van der Waals surface area (Å²) in [6.07, 6.45) is 0.768. The van der Waals surface area contributed by atoms with Gasteiger partial charge in [0.05, 0.1) is 26.0 Å². The SMILES string of the molecule is COc1ccc(C)cc1NC(=O)c1ccc(OCCCOc2ccccc2)cc1. The van der Waals surface area contributed by atoms with Crippen molar-refractivity contribution in [3.8, 4) is 17.2 Å². The minimum atomic E-state index is -0.197. The Morgan fingerprint density at radius 1 is 0.862 bits per heavy atom. The van der Waals surface area contributed by atoms with E-state index < -0.39 is 0 Å². The highest BCUT2D eigenvalue weighted by molar-refractivity contribution is 6.05. The van der Waals surface area contributed by atoms with Gasteiger partial charge in [0.15, 0.2) is 0 Å². The third kappa shape index (κ3) is 6.01. The second-order valence-corrected chi connectivity index (χ2v) is 6.55. The molecule has 1 N–H and O–H groups in total. The molecule has 3 aromatic carbocycles. The van der Waals surface area contributed by atoms with Gasteiger partial charge in [-0.25, -0.2) is 0 Å².